The molecular formula is C9H16N4. The lowest BCUT2D eigenvalue weighted by Crippen LogP contribution is -2.23. The van der Waals surface area contributed by atoms with E-state index in [-0.39, 0.29) is 0 Å². The fourth-order valence-electron chi connectivity index (χ4n) is 1.14. The summed E-state index contributed by atoms with van der Waals surface area (Å²) in [7, 11) is 0. The second-order valence-electron chi connectivity index (χ2n) is 2.90. The molecular weight excluding hydrogens is 164 g/mol. The van der Waals surface area contributed by atoms with Crippen molar-refractivity contribution in [1.29, 1.82) is 0 Å². The Balaban J connectivity index is 2.46. The molecule has 4 nitrogen and oxygen atoms in total. The second kappa shape index (κ2) is 5.48. The Hall–Kier alpha value is -1.16. The molecule has 1 heterocycles. The normalized spacial score (nSPS) is 12.5. The van der Waals surface area contributed by atoms with Crippen LogP contribution < -0.4 is 11.1 Å². The Morgan fingerprint density at radius 3 is 2.69 bits per heavy atom. The van der Waals surface area contributed by atoms with Crippen molar-refractivity contribution in [3.63, 3.8) is 0 Å². The third-order valence-electron chi connectivity index (χ3n) is 1.91. The van der Waals surface area contributed by atoms with Gasteiger partial charge in [0.25, 0.3) is 0 Å². The molecule has 72 valence electrons. The van der Waals surface area contributed by atoms with E-state index in [0.29, 0.717) is 18.5 Å². The van der Waals surface area contributed by atoms with Crippen LogP contribution in [-0.2, 0) is 0 Å². The van der Waals surface area contributed by atoms with Crippen LogP contribution in [-0.4, -0.2) is 22.6 Å². The van der Waals surface area contributed by atoms with Crippen LogP contribution in [0.1, 0.15) is 19.8 Å². The molecule has 1 rings (SSSR count). The molecule has 0 amide bonds. The Bertz CT molecular complexity index is 224. The minimum absolute atomic E-state index is 0.382. The number of hydrogen-bond acceptors (Lipinski definition) is 4. The third-order valence-corrected chi connectivity index (χ3v) is 1.91. The molecule has 0 spiro atoms. The van der Waals surface area contributed by atoms with Crippen molar-refractivity contribution in [2.75, 3.05) is 11.9 Å². The molecule has 0 aliphatic carbocycles. The molecule has 13 heavy (non-hydrogen) atoms. The number of aromatic nitrogens is 2. The molecule has 1 unspecified atom stereocenters. The summed E-state index contributed by atoms with van der Waals surface area (Å²) in [6.45, 7) is 2.81. The SMILES string of the molecule is CCC(CCN)Nc1ncccn1. The molecule has 0 aromatic carbocycles. The van der Waals surface area contributed by atoms with Gasteiger partial charge >= 0.3 is 0 Å². The monoisotopic (exact) mass is 180 g/mol. The van der Waals surface area contributed by atoms with Gasteiger partial charge in [-0.15, -0.1) is 0 Å². The zero-order valence-electron chi connectivity index (χ0n) is 7.90. The van der Waals surface area contributed by atoms with Crippen LogP contribution in [0.5, 0.6) is 0 Å². The predicted octanol–water partition coefficient (Wildman–Crippen LogP) is 1.02. The summed E-state index contributed by atoms with van der Waals surface area (Å²) >= 11 is 0. The fraction of sp³-hybridized carbons (Fsp3) is 0.556. The maximum Gasteiger partial charge on any atom is 0.222 e. The van der Waals surface area contributed by atoms with Crippen LogP contribution in [0.4, 0.5) is 5.95 Å². The highest BCUT2D eigenvalue weighted by Crippen LogP contribution is 2.04. The first-order valence-electron chi connectivity index (χ1n) is 4.60. The van der Waals surface area contributed by atoms with Crippen molar-refractivity contribution < 1.29 is 0 Å². The highest BCUT2D eigenvalue weighted by molar-refractivity contribution is 5.23. The van der Waals surface area contributed by atoms with E-state index in [9.17, 15) is 0 Å². The summed E-state index contributed by atoms with van der Waals surface area (Å²) in [5, 5.41) is 3.23. The van der Waals surface area contributed by atoms with E-state index < -0.39 is 0 Å². The fourth-order valence-corrected chi connectivity index (χ4v) is 1.14. The van der Waals surface area contributed by atoms with Gasteiger partial charge in [0.05, 0.1) is 0 Å². The summed E-state index contributed by atoms with van der Waals surface area (Å²) < 4.78 is 0. The number of nitrogens with two attached hydrogens (primary N) is 1. The number of nitrogens with one attached hydrogen (secondary N) is 1. The lowest BCUT2D eigenvalue weighted by molar-refractivity contribution is 0.636. The molecule has 1 atom stereocenters. The first-order chi connectivity index (χ1) is 6.36. The molecule has 0 fully saturated rings. The van der Waals surface area contributed by atoms with E-state index >= 15 is 0 Å². The van der Waals surface area contributed by atoms with Crippen molar-refractivity contribution in [3.05, 3.63) is 18.5 Å². The summed E-state index contributed by atoms with van der Waals surface area (Å²) in [6.07, 6.45) is 5.44. The van der Waals surface area contributed by atoms with Crippen LogP contribution in [0.15, 0.2) is 18.5 Å². The van der Waals surface area contributed by atoms with Gasteiger partial charge in [0.2, 0.25) is 5.95 Å². The van der Waals surface area contributed by atoms with Crippen LogP contribution in [0.2, 0.25) is 0 Å². The highest BCUT2D eigenvalue weighted by Gasteiger charge is 2.05. The van der Waals surface area contributed by atoms with Gasteiger partial charge in [0, 0.05) is 18.4 Å². The van der Waals surface area contributed by atoms with E-state index in [4.69, 9.17) is 5.73 Å². The largest absolute Gasteiger partial charge is 0.351 e. The van der Waals surface area contributed by atoms with Gasteiger partial charge in [0.1, 0.15) is 0 Å². The first-order valence-corrected chi connectivity index (χ1v) is 4.60. The van der Waals surface area contributed by atoms with Gasteiger partial charge in [-0.25, -0.2) is 9.97 Å². The molecule has 1 aromatic heterocycles. The van der Waals surface area contributed by atoms with Crippen molar-refractivity contribution >= 4 is 5.95 Å². The average molecular weight is 180 g/mol. The zero-order valence-corrected chi connectivity index (χ0v) is 7.90. The number of anilines is 1. The van der Waals surface area contributed by atoms with Crippen LogP contribution >= 0.6 is 0 Å². The van der Waals surface area contributed by atoms with Gasteiger partial charge < -0.3 is 11.1 Å². The molecule has 3 N–H and O–H groups in total. The molecule has 0 aliphatic heterocycles. The van der Waals surface area contributed by atoms with E-state index in [1.807, 2.05) is 0 Å². The van der Waals surface area contributed by atoms with Gasteiger partial charge in [-0.05, 0) is 25.5 Å². The molecule has 4 heteroatoms. The zero-order chi connectivity index (χ0) is 9.52. The Labute approximate surface area is 78.6 Å². The highest BCUT2D eigenvalue weighted by atomic mass is 15.1. The van der Waals surface area contributed by atoms with Crippen molar-refractivity contribution in [2.24, 2.45) is 5.73 Å². The number of nitrogens with zero attached hydrogens (tertiary/aromatic N) is 2. The van der Waals surface area contributed by atoms with Crippen LogP contribution in [0.3, 0.4) is 0 Å². The third kappa shape index (κ3) is 3.38. The maximum absolute atomic E-state index is 5.48. The number of rotatable bonds is 5. The Morgan fingerprint density at radius 2 is 2.15 bits per heavy atom. The lowest BCUT2D eigenvalue weighted by Gasteiger charge is -2.15. The summed E-state index contributed by atoms with van der Waals surface area (Å²) in [4.78, 5) is 8.17. The van der Waals surface area contributed by atoms with E-state index in [2.05, 4.69) is 22.2 Å². The van der Waals surface area contributed by atoms with Gasteiger partial charge in [-0.3, -0.25) is 0 Å². The van der Waals surface area contributed by atoms with Gasteiger partial charge in [-0.1, -0.05) is 6.92 Å². The minimum atomic E-state index is 0.382. The maximum atomic E-state index is 5.48. The Kier molecular flexibility index (Phi) is 4.18. The topological polar surface area (TPSA) is 63.8 Å². The quantitative estimate of drug-likeness (QED) is 0.710. The average Bonchev–Trinajstić information content (AvgIpc) is 2.19. The van der Waals surface area contributed by atoms with E-state index in [1.165, 1.54) is 0 Å². The summed E-state index contributed by atoms with van der Waals surface area (Å²) in [5.74, 6) is 0.683. The molecule has 1 aromatic rings. The van der Waals surface area contributed by atoms with Crippen LogP contribution in [0, 0.1) is 0 Å². The number of hydrogen-bond donors (Lipinski definition) is 2. The predicted molar refractivity (Wildman–Crippen MR) is 53.4 cm³/mol. The molecule has 0 saturated heterocycles. The van der Waals surface area contributed by atoms with Gasteiger partial charge in [0.15, 0.2) is 0 Å². The summed E-state index contributed by atoms with van der Waals surface area (Å²) in [6, 6.07) is 2.18. The summed E-state index contributed by atoms with van der Waals surface area (Å²) in [5.41, 5.74) is 5.48. The minimum Gasteiger partial charge on any atom is -0.351 e. The van der Waals surface area contributed by atoms with Crippen molar-refractivity contribution in [3.8, 4) is 0 Å². The molecule has 0 saturated carbocycles. The second-order valence-corrected chi connectivity index (χ2v) is 2.90. The molecule has 0 radical (unpaired) electrons. The smallest absolute Gasteiger partial charge is 0.222 e. The van der Waals surface area contributed by atoms with Gasteiger partial charge in [-0.2, -0.15) is 0 Å². The van der Waals surface area contributed by atoms with Crippen molar-refractivity contribution in [2.45, 2.75) is 25.8 Å². The molecule has 0 bridgehead atoms. The van der Waals surface area contributed by atoms with E-state index in [1.54, 1.807) is 18.5 Å². The lowest BCUT2D eigenvalue weighted by atomic mass is 10.1. The molecule has 0 aliphatic rings. The standard InChI is InChI=1S/C9H16N4/c1-2-8(4-5-10)13-9-11-6-3-7-12-9/h3,6-8H,2,4-5,10H2,1H3,(H,11,12,13). The first kappa shape index (κ1) is 9.92. The van der Waals surface area contributed by atoms with Crippen LogP contribution in [0.25, 0.3) is 0 Å². The van der Waals surface area contributed by atoms with E-state index in [0.717, 1.165) is 12.8 Å². The Morgan fingerprint density at radius 1 is 1.46 bits per heavy atom. The van der Waals surface area contributed by atoms with Crippen molar-refractivity contribution in [1.82, 2.24) is 9.97 Å².